The highest BCUT2D eigenvalue weighted by molar-refractivity contribution is 9.10. The second-order valence-electron chi connectivity index (χ2n) is 6.31. The summed E-state index contributed by atoms with van der Waals surface area (Å²) in [5.74, 6) is -0.978. The number of benzene rings is 3. The first kappa shape index (κ1) is 18.8. The van der Waals surface area contributed by atoms with Crippen molar-refractivity contribution in [3.63, 3.8) is 0 Å². The van der Waals surface area contributed by atoms with Gasteiger partial charge in [-0.2, -0.15) is 0 Å². The molecule has 1 heterocycles. The summed E-state index contributed by atoms with van der Waals surface area (Å²) < 4.78 is 6.28. The van der Waals surface area contributed by atoms with Crippen LogP contribution in [0, 0.1) is 0 Å². The Morgan fingerprint density at radius 3 is 2.38 bits per heavy atom. The molecular formula is C23H14BrNO4. The summed E-state index contributed by atoms with van der Waals surface area (Å²) in [5.41, 5.74) is 1.15. The minimum Gasteiger partial charge on any atom is -0.451 e. The lowest BCUT2D eigenvalue weighted by Gasteiger charge is -2.11. The molecule has 0 fully saturated rings. The average Bonchev–Trinajstić information content (AvgIpc) is 2.75. The van der Waals surface area contributed by atoms with Crippen molar-refractivity contribution in [1.82, 2.24) is 0 Å². The van der Waals surface area contributed by atoms with Gasteiger partial charge in [-0.3, -0.25) is 14.4 Å². The largest absolute Gasteiger partial charge is 0.451 e. The molecule has 5 nitrogen and oxygen atoms in total. The van der Waals surface area contributed by atoms with Crippen molar-refractivity contribution in [3.05, 3.63) is 110 Å². The molecule has 0 aliphatic carbocycles. The smallest absolute Gasteiger partial charge is 0.291 e. The summed E-state index contributed by atoms with van der Waals surface area (Å²) in [4.78, 5) is 37.9. The van der Waals surface area contributed by atoms with Crippen molar-refractivity contribution in [3.8, 4) is 0 Å². The molecule has 1 N–H and O–H groups in total. The summed E-state index contributed by atoms with van der Waals surface area (Å²) >= 11 is 3.36. The molecule has 0 saturated heterocycles. The van der Waals surface area contributed by atoms with Crippen LogP contribution in [0.2, 0.25) is 0 Å². The molecule has 0 aliphatic heterocycles. The van der Waals surface area contributed by atoms with Crippen molar-refractivity contribution in [1.29, 1.82) is 0 Å². The first-order valence-electron chi connectivity index (χ1n) is 8.76. The molecule has 0 radical (unpaired) electrons. The van der Waals surface area contributed by atoms with Crippen molar-refractivity contribution in [2.75, 3.05) is 5.32 Å². The topological polar surface area (TPSA) is 76.4 Å². The zero-order valence-electron chi connectivity index (χ0n) is 15.0. The van der Waals surface area contributed by atoms with Gasteiger partial charge in [0.1, 0.15) is 5.58 Å². The molecule has 0 aliphatic rings. The van der Waals surface area contributed by atoms with E-state index in [0.717, 1.165) is 6.07 Å². The molecule has 6 heteroatoms. The van der Waals surface area contributed by atoms with Gasteiger partial charge in [-0.15, -0.1) is 0 Å². The molecule has 0 atom stereocenters. The van der Waals surface area contributed by atoms with Gasteiger partial charge in [0, 0.05) is 21.7 Å². The molecule has 29 heavy (non-hydrogen) atoms. The van der Waals surface area contributed by atoms with E-state index in [1.807, 2.05) is 6.07 Å². The van der Waals surface area contributed by atoms with Crippen LogP contribution >= 0.6 is 15.9 Å². The standard InChI is InChI=1S/C23H14BrNO4/c24-15-10-11-18(17(12-15)22(27)14-6-2-1-3-7-14)25-23(28)21-13-19(26)16-8-4-5-9-20(16)29-21/h1-13H,(H,25,28). The summed E-state index contributed by atoms with van der Waals surface area (Å²) in [7, 11) is 0. The Balaban J connectivity index is 1.71. The van der Waals surface area contributed by atoms with Crippen LogP contribution < -0.4 is 10.7 Å². The predicted octanol–water partition coefficient (Wildman–Crippen LogP) is 5.04. The van der Waals surface area contributed by atoms with E-state index in [2.05, 4.69) is 21.2 Å². The van der Waals surface area contributed by atoms with E-state index in [0.29, 0.717) is 32.3 Å². The monoisotopic (exact) mass is 447 g/mol. The lowest BCUT2D eigenvalue weighted by atomic mass is 10.0. The molecule has 4 rings (SSSR count). The van der Waals surface area contributed by atoms with Crippen LogP contribution in [0.3, 0.4) is 0 Å². The molecule has 0 saturated carbocycles. The van der Waals surface area contributed by atoms with Crippen molar-refractivity contribution < 1.29 is 14.0 Å². The van der Waals surface area contributed by atoms with E-state index in [1.54, 1.807) is 66.7 Å². The van der Waals surface area contributed by atoms with E-state index in [1.165, 1.54) is 0 Å². The Morgan fingerprint density at radius 2 is 1.59 bits per heavy atom. The number of anilines is 1. The molecule has 1 aromatic heterocycles. The fourth-order valence-corrected chi connectivity index (χ4v) is 3.32. The van der Waals surface area contributed by atoms with Gasteiger partial charge in [0.2, 0.25) is 0 Å². The second-order valence-corrected chi connectivity index (χ2v) is 7.23. The molecule has 0 bridgehead atoms. The number of halogens is 1. The minimum absolute atomic E-state index is 0.130. The van der Waals surface area contributed by atoms with E-state index in [4.69, 9.17) is 4.42 Å². The number of ketones is 1. The Kier molecular flexibility index (Phi) is 5.10. The Bertz CT molecular complexity index is 1300. The van der Waals surface area contributed by atoms with E-state index in [9.17, 15) is 14.4 Å². The third-order valence-electron chi connectivity index (χ3n) is 4.37. The molecular weight excluding hydrogens is 434 g/mol. The molecule has 1 amide bonds. The number of carbonyl (C=O) groups excluding carboxylic acids is 2. The number of para-hydroxylation sites is 1. The summed E-state index contributed by atoms with van der Waals surface area (Å²) in [6.07, 6.45) is 0. The van der Waals surface area contributed by atoms with Gasteiger partial charge in [-0.25, -0.2) is 0 Å². The Morgan fingerprint density at radius 1 is 0.862 bits per heavy atom. The van der Waals surface area contributed by atoms with Crippen LogP contribution in [0.15, 0.2) is 92.5 Å². The van der Waals surface area contributed by atoms with Crippen LogP contribution in [0.5, 0.6) is 0 Å². The maximum absolute atomic E-state index is 12.9. The van der Waals surface area contributed by atoms with E-state index >= 15 is 0 Å². The first-order valence-corrected chi connectivity index (χ1v) is 9.56. The van der Waals surface area contributed by atoms with Crippen LogP contribution in [0.4, 0.5) is 5.69 Å². The summed E-state index contributed by atoms with van der Waals surface area (Å²) in [6.45, 7) is 0. The molecule has 4 aromatic rings. The van der Waals surface area contributed by atoms with Crippen LogP contribution in [-0.4, -0.2) is 11.7 Å². The van der Waals surface area contributed by atoms with Crippen molar-refractivity contribution in [2.45, 2.75) is 0 Å². The number of nitrogens with one attached hydrogen (secondary N) is 1. The molecule has 0 unspecified atom stereocenters. The van der Waals surface area contributed by atoms with Crippen LogP contribution in [0.25, 0.3) is 11.0 Å². The van der Waals surface area contributed by atoms with Gasteiger partial charge < -0.3 is 9.73 Å². The quantitative estimate of drug-likeness (QED) is 0.444. The maximum atomic E-state index is 12.9. The zero-order chi connectivity index (χ0) is 20.4. The zero-order valence-corrected chi connectivity index (χ0v) is 16.6. The van der Waals surface area contributed by atoms with Crippen LogP contribution in [0.1, 0.15) is 26.5 Å². The highest BCUT2D eigenvalue weighted by atomic mass is 79.9. The number of rotatable bonds is 4. The van der Waals surface area contributed by atoms with Gasteiger partial charge in [0.25, 0.3) is 5.91 Å². The third-order valence-corrected chi connectivity index (χ3v) is 4.86. The number of fused-ring (bicyclic) bond motifs is 1. The minimum atomic E-state index is -0.614. The second kappa shape index (κ2) is 7.85. The summed E-state index contributed by atoms with van der Waals surface area (Å²) in [6, 6.07) is 21.6. The first-order chi connectivity index (χ1) is 14.0. The van der Waals surface area contributed by atoms with Gasteiger partial charge in [-0.1, -0.05) is 58.4 Å². The predicted molar refractivity (Wildman–Crippen MR) is 114 cm³/mol. The number of amides is 1. The van der Waals surface area contributed by atoms with Crippen molar-refractivity contribution >= 4 is 44.3 Å². The fourth-order valence-electron chi connectivity index (χ4n) is 2.96. The average molecular weight is 448 g/mol. The Labute approximate surface area is 174 Å². The number of carbonyl (C=O) groups is 2. The van der Waals surface area contributed by atoms with E-state index in [-0.39, 0.29) is 17.0 Å². The normalized spacial score (nSPS) is 10.7. The highest BCUT2D eigenvalue weighted by Gasteiger charge is 2.18. The van der Waals surface area contributed by atoms with Crippen molar-refractivity contribution in [2.24, 2.45) is 0 Å². The van der Waals surface area contributed by atoms with Gasteiger partial charge in [-0.05, 0) is 30.3 Å². The fraction of sp³-hybridized carbons (Fsp3) is 0. The molecule has 3 aromatic carbocycles. The van der Waals surface area contributed by atoms with Gasteiger partial charge in [0.05, 0.1) is 11.1 Å². The van der Waals surface area contributed by atoms with Crippen LogP contribution in [-0.2, 0) is 0 Å². The van der Waals surface area contributed by atoms with Gasteiger partial charge >= 0.3 is 0 Å². The summed E-state index contributed by atoms with van der Waals surface area (Å²) in [5, 5.41) is 3.08. The van der Waals surface area contributed by atoms with Gasteiger partial charge in [0.15, 0.2) is 17.0 Å². The molecule has 142 valence electrons. The highest BCUT2D eigenvalue weighted by Crippen LogP contribution is 2.25. The molecule has 0 spiro atoms. The third kappa shape index (κ3) is 3.88. The lowest BCUT2D eigenvalue weighted by Crippen LogP contribution is -2.17. The number of hydrogen-bond acceptors (Lipinski definition) is 4. The number of hydrogen-bond donors (Lipinski definition) is 1. The lowest BCUT2D eigenvalue weighted by molar-refractivity contribution is 0.0997. The Hall–Kier alpha value is -3.51. The van der Waals surface area contributed by atoms with E-state index < -0.39 is 5.91 Å². The maximum Gasteiger partial charge on any atom is 0.291 e. The SMILES string of the molecule is O=C(Nc1ccc(Br)cc1C(=O)c1ccccc1)c1cc(=O)c2ccccc2o1.